The summed E-state index contributed by atoms with van der Waals surface area (Å²) in [6, 6.07) is 17.7. The number of nitrogens with one attached hydrogen (secondary N) is 1. The number of methoxy groups -OCH3 is 1. The lowest BCUT2D eigenvalue weighted by molar-refractivity contribution is -0.191. The fraction of sp³-hybridized carbons (Fsp3) is 0.367. The van der Waals surface area contributed by atoms with Gasteiger partial charge < -0.3 is 15.0 Å². The summed E-state index contributed by atoms with van der Waals surface area (Å²) in [7, 11) is 3.83. The number of hydrogen-bond acceptors (Lipinski definition) is 11. The van der Waals surface area contributed by atoms with Gasteiger partial charge in [0.05, 0.1) is 48.1 Å². The summed E-state index contributed by atoms with van der Waals surface area (Å²) in [6.07, 6.45) is 4.39. The summed E-state index contributed by atoms with van der Waals surface area (Å²) in [4.78, 5) is 33.0. The second-order valence-corrected chi connectivity index (χ2v) is 10.2. The molecule has 1 aliphatic heterocycles. The molecule has 0 unspecified atom stereocenters. The van der Waals surface area contributed by atoms with Crippen LogP contribution in [0.4, 0.5) is 5.95 Å². The summed E-state index contributed by atoms with van der Waals surface area (Å²) in [6.45, 7) is 5.23. The first-order valence-corrected chi connectivity index (χ1v) is 13.6. The van der Waals surface area contributed by atoms with E-state index in [1.54, 1.807) is 17.9 Å². The molecule has 4 heterocycles. The SMILES string of the molecule is COC[C@@H](C)Nc1nc(-c2cccc(C#N)c2)cc(-c2cn(Cc3cccc(C4CCN(C)CC4)n3)nn2)n1.O=C=O. The predicted octanol–water partition coefficient (Wildman–Crippen LogP) is 3.39. The Morgan fingerprint density at radius 2 is 1.79 bits per heavy atom. The molecule has 1 aromatic carbocycles. The molecule has 4 aromatic rings. The number of carbonyl (C=O) groups excluding carboxylic acids is 2. The number of nitriles is 1. The minimum Gasteiger partial charge on any atom is -0.383 e. The first-order chi connectivity index (χ1) is 20.4. The van der Waals surface area contributed by atoms with Crippen molar-refractivity contribution in [1.82, 2.24) is 34.8 Å². The quantitative estimate of drug-likeness (QED) is 0.317. The number of nitrogens with zero attached hydrogens (tertiary/aromatic N) is 8. The Balaban J connectivity index is 0.00000129. The molecule has 1 fully saturated rings. The van der Waals surface area contributed by atoms with Crippen LogP contribution in [0.25, 0.3) is 22.6 Å². The Bertz CT molecular complexity index is 1550. The van der Waals surface area contributed by atoms with Gasteiger partial charge in [-0.1, -0.05) is 23.4 Å². The lowest BCUT2D eigenvalue weighted by Gasteiger charge is -2.28. The zero-order valence-corrected chi connectivity index (χ0v) is 23.9. The van der Waals surface area contributed by atoms with Crippen molar-refractivity contribution in [1.29, 1.82) is 5.26 Å². The van der Waals surface area contributed by atoms with Gasteiger partial charge >= 0.3 is 6.15 Å². The molecule has 3 aromatic heterocycles. The van der Waals surface area contributed by atoms with Gasteiger partial charge in [0.2, 0.25) is 5.95 Å². The maximum atomic E-state index is 9.36. The van der Waals surface area contributed by atoms with Crippen LogP contribution in [0.1, 0.15) is 42.6 Å². The van der Waals surface area contributed by atoms with E-state index >= 15 is 0 Å². The van der Waals surface area contributed by atoms with Crippen LogP contribution in [0.15, 0.2) is 54.7 Å². The van der Waals surface area contributed by atoms with Crippen LogP contribution in [0.5, 0.6) is 0 Å². The van der Waals surface area contributed by atoms with Crippen LogP contribution < -0.4 is 5.32 Å². The van der Waals surface area contributed by atoms with Crippen LogP contribution in [-0.2, 0) is 20.9 Å². The monoisotopic (exact) mass is 567 g/mol. The zero-order valence-electron chi connectivity index (χ0n) is 23.9. The molecule has 0 radical (unpaired) electrons. The molecule has 216 valence electrons. The van der Waals surface area contributed by atoms with E-state index in [0.717, 1.165) is 42.9 Å². The van der Waals surface area contributed by atoms with Crippen molar-refractivity contribution < 1.29 is 14.3 Å². The highest BCUT2D eigenvalue weighted by Crippen LogP contribution is 2.27. The number of piperidine rings is 1. The fourth-order valence-electron chi connectivity index (χ4n) is 4.83. The van der Waals surface area contributed by atoms with Gasteiger partial charge in [-0.2, -0.15) is 14.9 Å². The van der Waals surface area contributed by atoms with E-state index < -0.39 is 0 Å². The minimum atomic E-state index is 0.00198. The molecule has 0 amide bonds. The number of pyridine rings is 1. The van der Waals surface area contributed by atoms with Crippen LogP contribution in [0.3, 0.4) is 0 Å². The van der Waals surface area contributed by atoms with Gasteiger partial charge in [0, 0.05) is 30.3 Å². The Kier molecular flexibility index (Phi) is 10.6. The summed E-state index contributed by atoms with van der Waals surface area (Å²) in [5, 5.41) is 21.4. The maximum Gasteiger partial charge on any atom is 0.373 e. The molecule has 1 atom stereocenters. The highest BCUT2D eigenvalue weighted by molar-refractivity contribution is 5.68. The van der Waals surface area contributed by atoms with Crippen LogP contribution >= 0.6 is 0 Å². The van der Waals surface area contributed by atoms with Gasteiger partial charge in [-0.3, -0.25) is 4.98 Å². The summed E-state index contributed by atoms with van der Waals surface area (Å²) < 4.78 is 7.05. The first kappa shape index (κ1) is 30.1. The third-order valence-electron chi connectivity index (χ3n) is 6.90. The van der Waals surface area contributed by atoms with Crippen molar-refractivity contribution in [2.75, 3.05) is 39.2 Å². The van der Waals surface area contributed by atoms with Gasteiger partial charge in [-0.05, 0) is 70.2 Å². The Morgan fingerprint density at radius 1 is 1.05 bits per heavy atom. The van der Waals surface area contributed by atoms with E-state index in [2.05, 4.69) is 45.8 Å². The average Bonchev–Trinajstić information content (AvgIpc) is 3.46. The molecule has 0 aliphatic carbocycles. The van der Waals surface area contributed by atoms with Crippen molar-refractivity contribution in [3.05, 3.63) is 71.7 Å². The number of anilines is 1. The van der Waals surface area contributed by atoms with Crippen molar-refractivity contribution in [2.24, 2.45) is 0 Å². The van der Waals surface area contributed by atoms with Gasteiger partial charge in [0.15, 0.2) is 0 Å². The van der Waals surface area contributed by atoms with E-state index in [-0.39, 0.29) is 12.2 Å². The predicted molar refractivity (Wildman–Crippen MR) is 154 cm³/mol. The summed E-state index contributed by atoms with van der Waals surface area (Å²) in [5.74, 6) is 0.953. The molecule has 0 spiro atoms. The van der Waals surface area contributed by atoms with E-state index in [1.165, 1.54) is 0 Å². The fourth-order valence-corrected chi connectivity index (χ4v) is 4.83. The third-order valence-corrected chi connectivity index (χ3v) is 6.90. The normalized spacial score (nSPS) is 14.2. The molecule has 0 saturated carbocycles. The van der Waals surface area contributed by atoms with Gasteiger partial charge in [-0.25, -0.2) is 14.6 Å². The van der Waals surface area contributed by atoms with Crippen LogP contribution in [0.2, 0.25) is 0 Å². The van der Waals surface area contributed by atoms with Gasteiger partial charge in [-0.15, -0.1) is 5.10 Å². The number of ether oxygens (including phenoxy) is 1. The standard InChI is InChI=1S/C29H33N9O.CO2/c1-20(19-39-3)31-29-33-26(23-7-4-6-21(14-23)16-30)15-27(34-29)28-18-38(36-35-28)17-24-8-5-9-25(32-24)22-10-12-37(2)13-11-22;2-1-3/h4-9,14-15,18,20,22H,10-13,17,19H2,1-3H3,(H,31,33,34);/t20-;/m1./s1. The van der Waals surface area contributed by atoms with E-state index in [0.29, 0.717) is 47.7 Å². The summed E-state index contributed by atoms with van der Waals surface area (Å²) in [5.41, 5.74) is 5.44. The molecule has 1 saturated heterocycles. The van der Waals surface area contributed by atoms with Crippen LogP contribution in [0, 0.1) is 11.3 Å². The van der Waals surface area contributed by atoms with Crippen molar-refractivity contribution in [3.8, 4) is 28.7 Å². The van der Waals surface area contributed by atoms with Crippen molar-refractivity contribution >= 4 is 12.1 Å². The lowest BCUT2D eigenvalue weighted by atomic mass is 9.93. The van der Waals surface area contributed by atoms with Crippen molar-refractivity contribution in [3.63, 3.8) is 0 Å². The molecular weight excluding hydrogens is 534 g/mol. The summed E-state index contributed by atoms with van der Waals surface area (Å²) >= 11 is 0. The van der Waals surface area contributed by atoms with Crippen molar-refractivity contribution in [2.45, 2.75) is 38.3 Å². The third kappa shape index (κ3) is 8.11. The number of aromatic nitrogens is 6. The number of hydrogen-bond donors (Lipinski definition) is 1. The molecule has 5 rings (SSSR count). The zero-order chi connectivity index (χ0) is 29.9. The number of benzene rings is 1. The van der Waals surface area contributed by atoms with Gasteiger partial charge in [0.25, 0.3) is 0 Å². The Labute approximate surface area is 244 Å². The molecule has 12 heteroatoms. The average molecular weight is 568 g/mol. The number of rotatable bonds is 9. The topological polar surface area (TPSA) is 152 Å². The molecule has 42 heavy (non-hydrogen) atoms. The molecular formula is C30H33N9O3. The first-order valence-electron chi connectivity index (χ1n) is 13.6. The minimum absolute atomic E-state index is 0.00198. The molecule has 1 aliphatic rings. The maximum absolute atomic E-state index is 9.36. The molecule has 1 N–H and O–H groups in total. The van der Waals surface area contributed by atoms with E-state index in [9.17, 15) is 5.26 Å². The van der Waals surface area contributed by atoms with Gasteiger partial charge in [0.1, 0.15) is 5.69 Å². The van der Waals surface area contributed by atoms with Crippen LogP contribution in [-0.4, -0.2) is 80.9 Å². The Hall–Kier alpha value is -4.82. The highest BCUT2D eigenvalue weighted by Gasteiger charge is 2.20. The largest absolute Gasteiger partial charge is 0.383 e. The molecule has 0 bridgehead atoms. The molecule has 12 nitrogen and oxygen atoms in total. The Morgan fingerprint density at radius 3 is 2.52 bits per heavy atom. The second-order valence-electron chi connectivity index (χ2n) is 10.2. The van der Waals surface area contributed by atoms with E-state index in [4.69, 9.17) is 29.3 Å². The highest BCUT2D eigenvalue weighted by atomic mass is 16.5. The lowest BCUT2D eigenvalue weighted by Crippen LogP contribution is -2.29. The van der Waals surface area contributed by atoms with E-state index in [1.807, 2.05) is 43.5 Å². The number of likely N-dealkylation sites (tertiary alicyclic amines) is 1. The second kappa shape index (κ2) is 14.7. The smallest absolute Gasteiger partial charge is 0.373 e.